The number of nitrogens with zero attached hydrogens (tertiary/aromatic N) is 2. The highest BCUT2D eigenvalue weighted by atomic mass is 32.1. The molecule has 0 amide bonds. The summed E-state index contributed by atoms with van der Waals surface area (Å²) in [4.78, 5) is 5.37. The molecule has 0 bridgehead atoms. The van der Waals surface area contributed by atoms with Crippen molar-refractivity contribution in [1.82, 2.24) is 10.1 Å². The van der Waals surface area contributed by atoms with Crippen molar-refractivity contribution < 1.29 is 14.7 Å². The van der Waals surface area contributed by atoms with Crippen LogP contribution in [-0.2, 0) is 6.42 Å². The molecule has 19 heavy (non-hydrogen) atoms. The molecule has 96 valence electrons. The van der Waals surface area contributed by atoms with Gasteiger partial charge in [-0.15, -0.1) is 11.3 Å². The van der Waals surface area contributed by atoms with Crippen LogP contribution in [0.4, 0.5) is 0 Å². The number of benzene rings is 1. The number of hydrogen-bond donors (Lipinski definition) is 2. The second kappa shape index (κ2) is 4.74. The minimum absolute atomic E-state index is 0.0143. The van der Waals surface area contributed by atoms with E-state index in [2.05, 4.69) is 10.1 Å². The third-order valence-electron chi connectivity index (χ3n) is 2.59. The van der Waals surface area contributed by atoms with E-state index in [9.17, 15) is 10.2 Å². The zero-order valence-electron chi connectivity index (χ0n) is 9.78. The smallest absolute Gasteiger partial charge is 0.261 e. The molecule has 0 fully saturated rings. The Morgan fingerprint density at radius 1 is 1.21 bits per heavy atom. The molecule has 2 heterocycles. The molecule has 6 heteroatoms. The fourth-order valence-electron chi connectivity index (χ4n) is 1.71. The topological polar surface area (TPSA) is 79.4 Å². The number of aromatic hydroxyl groups is 2. The quantitative estimate of drug-likeness (QED) is 0.767. The molecule has 1 aromatic carbocycles. The summed E-state index contributed by atoms with van der Waals surface area (Å²) in [6.07, 6.45) is 0.597. The summed E-state index contributed by atoms with van der Waals surface area (Å²) < 4.78 is 5.12. The van der Waals surface area contributed by atoms with E-state index in [1.165, 1.54) is 18.2 Å². The van der Waals surface area contributed by atoms with Crippen molar-refractivity contribution >= 4 is 11.3 Å². The van der Waals surface area contributed by atoms with Gasteiger partial charge in [-0.2, -0.15) is 4.98 Å². The highest BCUT2D eigenvalue weighted by molar-refractivity contribution is 7.09. The lowest BCUT2D eigenvalue weighted by Gasteiger charge is -1.99. The fourth-order valence-corrected chi connectivity index (χ4v) is 2.41. The minimum atomic E-state index is -0.0914. The van der Waals surface area contributed by atoms with Gasteiger partial charge in [0, 0.05) is 17.4 Å². The van der Waals surface area contributed by atoms with Crippen LogP contribution < -0.4 is 0 Å². The predicted molar refractivity (Wildman–Crippen MR) is 70.2 cm³/mol. The van der Waals surface area contributed by atoms with Gasteiger partial charge in [-0.3, -0.25) is 0 Å². The Labute approximate surface area is 112 Å². The van der Waals surface area contributed by atoms with E-state index in [-0.39, 0.29) is 17.4 Å². The van der Waals surface area contributed by atoms with Crippen molar-refractivity contribution in [3.05, 3.63) is 46.4 Å². The van der Waals surface area contributed by atoms with Crippen LogP contribution in [0.15, 0.2) is 40.2 Å². The predicted octanol–water partition coefficient (Wildman–Crippen LogP) is 2.80. The summed E-state index contributed by atoms with van der Waals surface area (Å²) in [7, 11) is 0. The normalized spacial score (nSPS) is 10.7. The van der Waals surface area contributed by atoms with Gasteiger partial charge in [-0.05, 0) is 23.6 Å². The number of hydrogen-bond acceptors (Lipinski definition) is 6. The number of rotatable bonds is 3. The Morgan fingerprint density at radius 3 is 2.84 bits per heavy atom. The summed E-state index contributed by atoms with van der Waals surface area (Å²) in [5, 5.41) is 24.8. The average molecular weight is 274 g/mol. The Morgan fingerprint density at radius 2 is 2.11 bits per heavy atom. The molecule has 5 nitrogen and oxygen atoms in total. The molecule has 0 aliphatic heterocycles. The maximum atomic E-state index is 9.72. The van der Waals surface area contributed by atoms with Gasteiger partial charge in [0.05, 0.1) is 5.56 Å². The zero-order valence-corrected chi connectivity index (χ0v) is 10.6. The monoisotopic (exact) mass is 274 g/mol. The van der Waals surface area contributed by atoms with E-state index in [0.29, 0.717) is 17.8 Å². The number of aromatic nitrogens is 2. The van der Waals surface area contributed by atoms with Gasteiger partial charge in [0.25, 0.3) is 5.89 Å². The first kappa shape index (κ1) is 11.7. The second-order valence-corrected chi connectivity index (χ2v) is 5.01. The van der Waals surface area contributed by atoms with Crippen LogP contribution in [0.25, 0.3) is 11.5 Å². The molecule has 0 aliphatic rings. The molecule has 3 rings (SSSR count). The van der Waals surface area contributed by atoms with Gasteiger partial charge in [0.2, 0.25) is 0 Å². The standard InChI is InChI=1S/C13H10N2O3S/c16-8-3-4-10(11(17)6-8)13-14-12(15-18-13)7-9-2-1-5-19-9/h1-6,16-17H,7H2. The summed E-state index contributed by atoms with van der Waals surface area (Å²) in [5.74, 6) is 0.694. The lowest BCUT2D eigenvalue weighted by molar-refractivity contribution is 0.417. The first-order valence-electron chi connectivity index (χ1n) is 5.60. The molecule has 0 aliphatic carbocycles. The van der Waals surface area contributed by atoms with Crippen LogP contribution in [0.5, 0.6) is 11.5 Å². The molecule has 0 radical (unpaired) electrons. The Hall–Kier alpha value is -2.34. The van der Waals surface area contributed by atoms with Crippen molar-refractivity contribution in [3.63, 3.8) is 0 Å². The third-order valence-corrected chi connectivity index (χ3v) is 3.47. The van der Waals surface area contributed by atoms with Crippen molar-refractivity contribution in [3.8, 4) is 23.0 Å². The SMILES string of the molecule is Oc1ccc(-c2nc(Cc3cccs3)no2)c(O)c1. The van der Waals surface area contributed by atoms with Crippen molar-refractivity contribution in [2.75, 3.05) is 0 Å². The maximum Gasteiger partial charge on any atom is 0.261 e. The van der Waals surface area contributed by atoms with E-state index in [0.717, 1.165) is 4.88 Å². The van der Waals surface area contributed by atoms with Crippen LogP contribution in [0.1, 0.15) is 10.7 Å². The van der Waals surface area contributed by atoms with Gasteiger partial charge in [-0.25, -0.2) is 0 Å². The molecular weight excluding hydrogens is 264 g/mol. The molecule has 3 aromatic rings. The van der Waals surface area contributed by atoms with Crippen molar-refractivity contribution in [2.45, 2.75) is 6.42 Å². The lowest BCUT2D eigenvalue weighted by atomic mass is 10.2. The van der Waals surface area contributed by atoms with E-state index >= 15 is 0 Å². The second-order valence-electron chi connectivity index (χ2n) is 3.97. The van der Waals surface area contributed by atoms with Gasteiger partial charge in [0.15, 0.2) is 5.82 Å². The lowest BCUT2D eigenvalue weighted by Crippen LogP contribution is -1.87. The molecular formula is C13H10N2O3S. The summed E-state index contributed by atoms with van der Waals surface area (Å²) in [6.45, 7) is 0. The zero-order chi connectivity index (χ0) is 13.2. The number of thiophene rings is 1. The van der Waals surface area contributed by atoms with Crippen molar-refractivity contribution in [2.24, 2.45) is 0 Å². The number of phenolic OH excluding ortho intramolecular Hbond substituents is 2. The molecule has 2 aromatic heterocycles. The van der Waals surface area contributed by atoms with Crippen LogP contribution >= 0.6 is 11.3 Å². The minimum Gasteiger partial charge on any atom is -0.508 e. The van der Waals surface area contributed by atoms with Gasteiger partial charge in [0.1, 0.15) is 11.5 Å². The molecule has 0 spiro atoms. The Kier molecular flexibility index (Phi) is 2.92. The molecule has 2 N–H and O–H groups in total. The largest absolute Gasteiger partial charge is 0.508 e. The maximum absolute atomic E-state index is 9.72. The van der Waals surface area contributed by atoms with Crippen LogP contribution in [0.3, 0.4) is 0 Å². The van der Waals surface area contributed by atoms with Crippen LogP contribution in [0, 0.1) is 0 Å². The van der Waals surface area contributed by atoms with E-state index < -0.39 is 0 Å². The highest BCUT2D eigenvalue weighted by Gasteiger charge is 2.13. The van der Waals surface area contributed by atoms with Gasteiger partial charge < -0.3 is 14.7 Å². The Bertz CT molecular complexity index is 692. The molecule has 0 unspecified atom stereocenters. The molecule has 0 atom stereocenters. The summed E-state index contributed by atoms with van der Waals surface area (Å²) in [5.41, 5.74) is 0.405. The van der Waals surface area contributed by atoms with Crippen LogP contribution in [-0.4, -0.2) is 20.4 Å². The molecule has 0 saturated carbocycles. The Balaban J connectivity index is 1.88. The van der Waals surface area contributed by atoms with Crippen LogP contribution in [0.2, 0.25) is 0 Å². The summed E-state index contributed by atoms with van der Waals surface area (Å²) >= 11 is 1.62. The molecule has 0 saturated heterocycles. The average Bonchev–Trinajstić information content (AvgIpc) is 3.01. The van der Waals surface area contributed by atoms with E-state index in [1.807, 2.05) is 17.5 Å². The van der Waals surface area contributed by atoms with Crippen molar-refractivity contribution in [1.29, 1.82) is 0 Å². The van der Waals surface area contributed by atoms with E-state index in [4.69, 9.17) is 4.52 Å². The highest BCUT2D eigenvalue weighted by Crippen LogP contribution is 2.31. The summed E-state index contributed by atoms with van der Waals surface area (Å²) in [6, 6.07) is 8.19. The first-order valence-corrected chi connectivity index (χ1v) is 6.47. The first-order chi connectivity index (χ1) is 9.22. The fraction of sp³-hybridized carbons (Fsp3) is 0.0769. The van der Waals surface area contributed by atoms with E-state index in [1.54, 1.807) is 11.3 Å². The number of phenols is 2. The third kappa shape index (κ3) is 2.43. The van der Waals surface area contributed by atoms with Gasteiger partial charge >= 0.3 is 0 Å². The van der Waals surface area contributed by atoms with Gasteiger partial charge in [-0.1, -0.05) is 11.2 Å².